The SMILES string of the molecule is Cc1cccc(OCC(=O)N2CCC(NC(=O)C3CCCC3)CC2)c1. The highest BCUT2D eigenvalue weighted by molar-refractivity contribution is 5.79. The molecule has 1 saturated carbocycles. The van der Waals surface area contributed by atoms with E-state index in [1.54, 1.807) is 0 Å². The minimum atomic E-state index is 0.0158. The van der Waals surface area contributed by atoms with E-state index in [9.17, 15) is 9.59 Å². The summed E-state index contributed by atoms with van der Waals surface area (Å²) in [6, 6.07) is 7.92. The lowest BCUT2D eigenvalue weighted by atomic mass is 10.0. The molecule has 2 amide bonds. The number of benzene rings is 1. The fraction of sp³-hybridized carbons (Fsp3) is 0.600. The lowest BCUT2D eigenvalue weighted by Crippen LogP contribution is -2.48. The Morgan fingerprint density at radius 3 is 2.56 bits per heavy atom. The van der Waals surface area contributed by atoms with Gasteiger partial charge in [0.2, 0.25) is 5.91 Å². The van der Waals surface area contributed by atoms with E-state index in [2.05, 4.69) is 5.32 Å². The van der Waals surface area contributed by atoms with Crippen LogP contribution >= 0.6 is 0 Å². The molecule has 136 valence electrons. The number of amides is 2. The van der Waals surface area contributed by atoms with Gasteiger partial charge in [0.15, 0.2) is 6.61 Å². The van der Waals surface area contributed by atoms with Gasteiger partial charge in [-0.2, -0.15) is 0 Å². The second kappa shape index (κ2) is 8.37. The van der Waals surface area contributed by atoms with Gasteiger partial charge in [-0.3, -0.25) is 9.59 Å². The van der Waals surface area contributed by atoms with Crippen LogP contribution in [0.2, 0.25) is 0 Å². The fourth-order valence-corrected chi connectivity index (χ4v) is 3.72. The molecular weight excluding hydrogens is 316 g/mol. The van der Waals surface area contributed by atoms with E-state index in [0.717, 1.165) is 37.0 Å². The Morgan fingerprint density at radius 2 is 1.88 bits per heavy atom. The van der Waals surface area contributed by atoms with Gasteiger partial charge < -0.3 is 15.0 Å². The Morgan fingerprint density at radius 1 is 1.16 bits per heavy atom. The Hall–Kier alpha value is -2.04. The van der Waals surface area contributed by atoms with Gasteiger partial charge in [-0.1, -0.05) is 25.0 Å². The van der Waals surface area contributed by atoms with Gasteiger partial charge in [-0.25, -0.2) is 0 Å². The third kappa shape index (κ3) is 4.97. The molecule has 0 aromatic heterocycles. The normalized spacial score (nSPS) is 19.0. The van der Waals surface area contributed by atoms with E-state index in [1.807, 2.05) is 36.1 Å². The molecule has 0 radical (unpaired) electrons. The van der Waals surface area contributed by atoms with E-state index >= 15 is 0 Å². The predicted octanol–water partition coefficient (Wildman–Crippen LogP) is 2.67. The van der Waals surface area contributed by atoms with Crippen molar-refractivity contribution in [3.05, 3.63) is 29.8 Å². The quantitative estimate of drug-likeness (QED) is 0.893. The zero-order valence-electron chi connectivity index (χ0n) is 15.0. The summed E-state index contributed by atoms with van der Waals surface area (Å²) in [7, 11) is 0. The van der Waals surface area contributed by atoms with Crippen LogP contribution in [0.1, 0.15) is 44.1 Å². The van der Waals surface area contributed by atoms with Crippen LogP contribution < -0.4 is 10.1 Å². The second-order valence-electron chi connectivity index (χ2n) is 7.25. The van der Waals surface area contributed by atoms with Crippen LogP contribution in [-0.2, 0) is 9.59 Å². The summed E-state index contributed by atoms with van der Waals surface area (Å²) in [5.41, 5.74) is 1.11. The zero-order chi connectivity index (χ0) is 17.6. The minimum absolute atomic E-state index is 0.0158. The molecular formula is C20H28N2O3. The molecule has 5 nitrogen and oxygen atoms in total. The number of carbonyl (C=O) groups is 2. The molecule has 2 aliphatic rings. The minimum Gasteiger partial charge on any atom is -0.484 e. The molecule has 1 N–H and O–H groups in total. The van der Waals surface area contributed by atoms with Crippen LogP contribution in [0.4, 0.5) is 0 Å². The maximum Gasteiger partial charge on any atom is 0.260 e. The third-order valence-corrected chi connectivity index (χ3v) is 5.27. The summed E-state index contributed by atoms with van der Waals surface area (Å²) in [6.07, 6.45) is 6.06. The molecule has 0 spiro atoms. The van der Waals surface area contributed by atoms with Crippen LogP contribution in [0.3, 0.4) is 0 Å². The van der Waals surface area contributed by atoms with Crippen molar-refractivity contribution in [1.29, 1.82) is 0 Å². The van der Waals surface area contributed by atoms with Gasteiger partial charge in [0, 0.05) is 25.0 Å². The fourth-order valence-electron chi connectivity index (χ4n) is 3.72. The highest BCUT2D eigenvalue weighted by atomic mass is 16.5. The van der Waals surface area contributed by atoms with Crippen LogP contribution in [0, 0.1) is 12.8 Å². The van der Waals surface area contributed by atoms with E-state index in [-0.39, 0.29) is 30.4 Å². The number of carbonyl (C=O) groups excluding carboxylic acids is 2. The average Bonchev–Trinajstić information content (AvgIpc) is 3.15. The molecule has 0 bridgehead atoms. The van der Waals surface area contributed by atoms with Crippen molar-refractivity contribution in [2.45, 2.75) is 51.5 Å². The standard InChI is InChI=1S/C20H28N2O3/c1-15-5-4-8-18(13-15)25-14-19(23)22-11-9-17(10-12-22)21-20(24)16-6-2-3-7-16/h4-5,8,13,16-17H,2-3,6-7,9-12,14H2,1H3,(H,21,24). The van der Waals surface area contributed by atoms with Gasteiger partial charge in [-0.05, 0) is 50.3 Å². The Bertz CT molecular complexity index is 603. The molecule has 1 aromatic rings. The highest BCUT2D eigenvalue weighted by Crippen LogP contribution is 2.25. The smallest absolute Gasteiger partial charge is 0.260 e. The largest absolute Gasteiger partial charge is 0.484 e. The van der Waals surface area contributed by atoms with Crippen LogP contribution in [0.5, 0.6) is 5.75 Å². The Balaban J connectivity index is 1.39. The molecule has 0 unspecified atom stereocenters. The Labute approximate surface area is 149 Å². The second-order valence-corrected chi connectivity index (χ2v) is 7.25. The van der Waals surface area contributed by atoms with Crippen molar-refractivity contribution < 1.29 is 14.3 Å². The maximum atomic E-state index is 12.3. The number of piperidine rings is 1. The summed E-state index contributed by atoms with van der Waals surface area (Å²) in [4.78, 5) is 26.4. The average molecular weight is 344 g/mol. The van der Waals surface area contributed by atoms with Gasteiger partial charge in [-0.15, -0.1) is 0 Å². The number of aryl methyl sites for hydroxylation is 1. The van der Waals surface area contributed by atoms with Gasteiger partial charge in [0.25, 0.3) is 5.91 Å². The third-order valence-electron chi connectivity index (χ3n) is 5.27. The van der Waals surface area contributed by atoms with Crippen LogP contribution in [0.15, 0.2) is 24.3 Å². The first-order valence-electron chi connectivity index (χ1n) is 9.39. The number of likely N-dealkylation sites (tertiary alicyclic amines) is 1. The first kappa shape index (κ1) is 17.8. The monoisotopic (exact) mass is 344 g/mol. The number of nitrogens with zero attached hydrogens (tertiary/aromatic N) is 1. The first-order valence-corrected chi connectivity index (χ1v) is 9.39. The molecule has 5 heteroatoms. The summed E-state index contributed by atoms with van der Waals surface area (Å²) < 4.78 is 5.60. The predicted molar refractivity (Wildman–Crippen MR) is 96.4 cm³/mol. The maximum absolute atomic E-state index is 12.3. The number of rotatable bonds is 5. The number of ether oxygens (including phenoxy) is 1. The molecule has 1 aromatic carbocycles. The molecule has 0 atom stereocenters. The highest BCUT2D eigenvalue weighted by Gasteiger charge is 2.28. The van der Waals surface area contributed by atoms with Crippen molar-refractivity contribution in [3.8, 4) is 5.75 Å². The van der Waals surface area contributed by atoms with E-state index in [0.29, 0.717) is 13.1 Å². The van der Waals surface area contributed by atoms with E-state index < -0.39 is 0 Å². The molecule has 25 heavy (non-hydrogen) atoms. The number of nitrogens with one attached hydrogen (secondary N) is 1. The topological polar surface area (TPSA) is 58.6 Å². The van der Waals surface area contributed by atoms with Crippen molar-refractivity contribution in [1.82, 2.24) is 10.2 Å². The van der Waals surface area contributed by atoms with Crippen molar-refractivity contribution in [2.75, 3.05) is 19.7 Å². The van der Waals surface area contributed by atoms with Crippen LogP contribution in [-0.4, -0.2) is 42.5 Å². The first-order chi connectivity index (χ1) is 12.1. The summed E-state index contributed by atoms with van der Waals surface area (Å²) >= 11 is 0. The van der Waals surface area contributed by atoms with Crippen molar-refractivity contribution in [3.63, 3.8) is 0 Å². The van der Waals surface area contributed by atoms with Crippen molar-refractivity contribution >= 4 is 11.8 Å². The molecule has 1 heterocycles. The summed E-state index contributed by atoms with van der Waals surface area (Å²) in [5, 5.41) is 3.18. The Kier molecular flexibility index (Phi) is 5.95. The van der Waals surface area contributed by atoms with Gasteiger partial charge >= 0.3 is 0 Å². The summed E-state index contributed by atoms with van der Waals surface area (Å²) in [5.74, 6) is 1.17. The summed E-state index contributed by atoms with van der Waals surface area (Å²) in [6.45, 7) is 3.44. The van der Waals surface area contributed by atoms with E-state index in [4.69, 9.17) is 4.74 Å². The van der Waals surface area contributed by atoms with Gasteiger partial charge in [0.1, 0.15) is 5.75 Å². The zero-order valence-corrected chi connectivity index (χ0v) is 15.0. The van der Waals surface area contributed by atoms with E-state index in [1.165, 1.54) is 12.8 Å². The van der Waals surface area contributed by atoms with Crippen molar-refractivity contribution in [2.24, 2.45) is 5.92 Å². The molecule has 1 aliphatic carbocycles. The van der Waals surface area contributed by atoms with Crippen LogP contribution in [0.25, 0.3) is 0 Å². The number of hydrogen-bond donors (Lipinski definition) is 1. The van der Waals surface area contributed by atoms with Gasteiger partial charge in [0.05, 0.1) is 0 Å². The number of hydrogen-bond acceptors (Lipinski definition) is 3. The molecule has 1 aliphatic heterocycles. The lowest BCUT2D eigenvalue weighted by Gasteiger charge is -2.32. The molecule has 1 saturated heterocycles. The molecule has 3 rings (SSSR count). The molecule has 2 fully saturated rings. The lowest BCUT2D eigenvalue weighted by molar-refractivity contribution is -0.134.